The van der Waals surface area contributed by atoms with Crippen LogP contribution in [0, 0.1) is 0 Å². The number of nitrogens with one attached hydrogen (secondary N) is 1. The molecular formula is C14H20ClNO. The normalized spacial score (nSPS) is 25.4. The summed E-state index contributed by atoms with van der Waals surface area (Å²) in [4.78, 5) is 0. The van der Waals surface area contributed by atoms with Gasteiger partial charge in [0.15, 0.2) is 0 Å². The summed E-state index contributed by atoms with van der Waals surface area (Å²) in [6.07, 6.45) is 2.68. The van der Waals surface area contributed by atoms with Gasteiger partial charge in [0, 0.05) is 23.7 Å². The Morgan fingerprint density at radius 3 is 2.76 bits per heavy atom. The summed E-state index contributed by atoms with van der Waals surface area (Å²) in [6, 6.07) is 8.89. The Kier molecular flexibility index (Phi) is 4.43. The minimum atomic E-state index is 0.302. The molecule has 1 aromatic rings. The van der Waals surface area contributed by atoms with E-state index in [4.69, 9.17) is 16.3 Å². The summed E-state index contributed by atoms with van der Waals surface area (Å²) in [5.74, 6) is 0. The molecule has 2 rings (SSSR count). The van der Waals surface area contributed by atoms with Crippen LogP contribution in [-0.4, -0.2) is 18.8 Å². The first-order valence-electron chi connectivity index (χ1n) is 6.32. The van der Waals surface area contributed by atoms with Gasteiger partial charge in [-0.2, -0.15) is 0 Å². The van der Waals surface area contributed by atoms with Gasteiger partial charge in [-0.3, -0.25) is 0 Å². The third-order valence-electron chi connectivity index (χ3n) is 3.35. The predicted molar refractivity (Wildman–Crippen MR) is 71.4 cm³/mol. The van der Waals surface area contributed by atoms with Crippen LogP contribution >= 0.6 is 11.6 Å². The minimum Gasteiger partial charge on any atom is -0.378 e. The molecule has 1 saturated carbocycles. The highest BCUT2D eigenvalue weighted by Crippen LogP contribution is 2.28. The molecule has 1 fully saturated rings. The molecule has 2 nitrogen and oxygen atoms in total. The van der Waals surface area contributed by atoms with Crippen LogP contribution in [0.5, 0.6) is 0 Å². The van der Waals surface area contributed by atoms with Crippen molar-refractivity contribution in [2.75, 3.05) is 6.61 Å². The second kappa shape index (κ2) is 5.85. The Morgan fingerprint density at radius 1 is 1.41 bits per heavy atom. The second-order valence-electron chi connectivity index (χ2n) is 4.66. The van der Waals surface area contributed by atoms with Gasteiger partial charge < -0.3 is 10.1 Å². The van der Waals surface area contributed by atoms with Crippen LogP contribution in [0.3, 0.4) is 0 Å². The molecule has 17 heavy (non-hydrogen) atoms. The van der Waals surface area contributed by atoms with E-state index >= 15 is 0 Å². The smallest absolute Gasteiger partial charge is 0.0604 e. The molecule has 0 bridgehead atoms. The lowest BCUT2D eigenvalue weighted by atomic mass is 9.88. The van der Waals surface area contributed by atoms with Crippen molar-refractivity contribution < 1.29 is 4.74 Å². The molecule has 1 N–H and O–H groups in total. The van der Waals surface area contributed by atoms with Gasteiger partial charge in [-0.1, -0.05) is 29.8 Å². The van der Waals surface area contributed by atoms with Crippen LogP contribution < -0.4 is 5.32 Å². The van der Waals surface area contributed by atoms with Crippen LogP contribution in [0.1, 0.15) is 38.3 Å². The Labute approximate surface area is 108 Å². The quantitative estimate of drug-likeness (QED) is 0.867. The molecule has 94 valence electrons. The average Bonchev–Trinajstić information content (AvgIpc) is 2.26. The zero-order valence-electron chi connectivity index (χ0n) is 10.4. The Balaban J connectivity index is 1.83. The van der Waals surface area contributed by atoms with Crippen molar-refractivity contribution in [2.24, 2.45) is 0 Å². The molecule has 1 aliphatic rings. The maximum Gasteiger partial charge on any atom is 0.0604 e. The van der Waals surface area contributed by atoms with Gasteiger partial charge in [0.1, 0.15) is 0 Å². The van der Waals surface area contributed by atoms with Gasteiger partial charge in [-0.15, -0.1) is 0 Å². The van der Waals surface area contributed by atoms with Crippen LogP contribution in [0.25, 0.3) is 0 Å². The third kappa shape index (κ3) is 3.21. The average molecular weight is 254 g/mol. The summed E-state index contributed by atoms with van der Waals surface area (Å²) in [5.41, 5.74) is 1.18. The van der Waals surface area contributed by atoms with E-state index in [0.29, 0.717) is 18.2 Å². The summed E-state index contributed by atoms with van der Waals surface area (Å²) >= 11 is 6.18. The van der Waals surface area contributed by atoms with Crippen molar-refractivity contribution >= 4 is 11.6 Å². The number of benzene rings is 1. The lowest BCUT2D eigenvalue weighted by Gasteiger charge is -2.37. The fraction of sp³-hybridized carbons (Fsp3) is 0.571. The van der Waals surface area contributed by atoms with Gasteiger partial charge in [-0.05, 0) is 38.3 Å². The number of ether oxygens (including phenoxy) is 1. The topological polar surface area (TPSA) is 21.3 Å². The van der Waals surface area contributed by atoms with E-state index < -0.39 is 0 Å². The van der Waals surface area contributed by atoms with E-state index in [1.54, 1.807) is 0 Å². The molecule has 1 aliphatic carbocycles. The third-order valence-corrected chi connectivity index (χ3v) is 3.70. The van der Waals surface area contributed by atoms with Crippen molar-refractivity contribution in [3.63, 3.8) is 0 Å². The van der Waals surface area contributed by atoms with E-state index in [-0.39, 0.29) is 0 Å². The van der Waals surface area contributed by atoms with Crippen LogP contribution in [0.2, 0.25) is 5.02 Å². The predicted octanol–water partition coefficient (Wildman–Crippen LogP) is 3.56. The van der Waals surface area contributed by atoms with Gasteiger partial charge in [-0.25, -0.2) is 0 Å². The molecular weight excluding hydrogens is 234 g/mol. The molecule has 0 radical (unpaired) electrons. The molecule has 0 saturated heterocycles. The van der Waals surface area contributed by atoms with Gasteiger partial charge in [0.2, 0.25) is 0 Å². The Hall–Kier alpha value is -0.570. The molecule has 0 amide bonds. The molecule has 1 aromatic carbocycles. The summed E-state index contributed by atoms with van der Waals surface area (Å²) in [7, 11) is 0. The van der Waals surface area contributed by atoms with Crippen molar-refractivity contribution in [3.8, 4) is 0 Å². The zero-order chi connectivity index (χ0) is 12.3. The maximum absolute atomic E-state index is 6.18. The van der Waals surface area contributed by atoms with E-state index in [1.165, 1.54) is 5.56 Å². The lowest BCUT2D eigenvalue weighted by molar-refractivity contribution is -0.0120. The Morgan fingerprint density at radius 2 is 2.12 bits per heavy atom. The van der Waals surface area contributed by atoms with Gasteiger partial charge in [0.25, 0.3) is 0 Å². The number of rotatable bonds is 5. The highest BCUT2D eigenvalue weighted by Gasteiger charge is 2.30. The summed E-state index contributed by atoms with van der Waals surface area (Å²) in [6.45, 7) is 5.03. The zero-order valence-corrected chi connectivity index (χ0v) is 11.2. The van der Waals surface area contributed by atoms with Crippen LogP contribution in [0.15, 0.2) is 24.3 Å². The summed E-state index contributed by atoms with van der Waals surface area (Å²) < 4.78 is 5.55. The van der Waals surface area contributed by atoms with Gasteiger partial charge in [0.05, 0.1) is 6.10 Å². The lowest BCUT2D eigenvalue weighted by Crippen LogP contribution is -2.46. The fourth-order valence-corrected chi connectivity index (χ4v) is 2.64. The summed E-state index contributed by atoms with van der Waals surface area (Å²) in [5, 5.41) is 4.44. The van der Waals surface area contributed by atoms with Gasteiger partial charge >= 0.3 is 0 Å². The number of halogens is 1. The van der Waals surface area contributed by atoms with E-state index in [1.807, 2.05) is 25.1 Å². The van der Waals surface area contributed by atoms with E-state index in [2.05, 4.69) is 18.3 Å². The second-order valence-corrected chi connectivity index (χ2v) is 5.06. The fourth-order valence-electron chi connectivity index (χ4n) is 2.34. The van der Waals surface area contributed by atoms with Crippen molar-refractivity contribution in [3.05, 3.63) is 34.9 Å². The largest absolute Gasteiger partial charge is 0.378 e. The molecule has 0 spiro atoms. The first-order chi connectivity index (χ1) is 8.20. The van der Waals surface area contributed by atoms with Crippen LogP contribution in [-0.2, 0) is 4.74 Å². The van der Waals surface area contributed by atoms with E-state index in [9.17, 15) is 0 Å². The number of hydrogen-bond acceptors (Lipinski definition) is 2. The van der Waals surface area contributed by atoms with Crippen molar-refractivity contribution in [1.29, 1.82) is 0 Å². The molecule has 0 unspecified atom stereocenters. The first kappa shape index (κ1) is 12.9. The SMILES string of the molecule is CCOC1CC(N[C@H](C)c2ccccc2Cl)C1. The Bertz CT molecular complexity index is 363. The molecule has 0 heterocycles. The monoisotopic (exact) mass is 253 g/mol. The van der Waals surface area contributed by atoms with E-state index in [0.717, 1.165) is 24.5 Å². The number of hydrogen-bond donors (Lipinski definition) is 1. The molecule has 1 atom stereocenters. The molecule has 0 aliphatic heterocycles. The highest BCUT2D eigenvalue weighted by molar-refractivity contribution is 6.31. The maximum atomic E-state index is 6.18. The first-order valence-corrected chi connectivity index (χ1v) is 6.70. The molecule has 0 aromatic heterocycles. The standard InChI is InChI=1S/C14H20ClNO/c1-3-17-12-8-11(9-12)16-10(2)13-6-4-5-7-14(13)15/h4-7,10-12,16H,3,8-9H2,1-2H3/t10-,11?,12?/m1/s1. The van der Waals surface area contributed by atoms with Crippen molar-refractivity contribution in [2.45, 2.75) is 44.9 Å². The highest BCUT2D eigenvalue weighted by atomic mass is 35.5. The molecule has 3 heteroatoms. The minimum absolute atomic E-state index is 0.302. The van der Waals surface area contributed by atoms with Crippen LogP contribution in [0.4, 0.5) is 0 Å². The van der Waals surface area contributed by atoms with Crippen molar-refractivity contribution in [1.82, 2.24) is 5.32 Å².